The van der Waals surface area contributed by atoms with Gasteiger partial charge in [-0.25, -0.2) is 0 Å². The van der Waals surface area contributed by atoms with E-state index in [1.807, 2.05) is 0 Å². The minimum absolute atomic E-state index is 0.756. The zero-order valence-corrected chi connectivity index (χ0v) is 19.9. The summed E-state index contributed by atoms with van der Waals surface area (Å²) < 4.78 is 0. The Balaban J connectivity index is 1.87. The van der Waals surface area contributed by atoms with Crippen molar-refractivity contribution in [2.75, 3.05) is 0 Å². The fourth-order valence-electron chi connectivity index (χ4n) is 5.17. The Labute approximate surface area is 202 Å². The van der Waals surface area contributed by atoms with Gasteiger partial charge >= 0.3 is 0 Å². The minimum Gasteiger partial charge on any atom is -0.115 e. The van der Waals surface area contributed by atoms with Crippen molar-refractivity contribution in [2.45, 2.75) is 6.92 Å². The lowest BCUT2D eigenvalue weighted by Gasteiger charge is -2.22. The maximum absolute atomic E-state index is 6.02. The van der Waals surface area contributed by atoms with Crippen molar-refractivity contribution in [3.63, 3.8) is 0 Å². The van der Waals surface area contributed by atoms with Gasteiger partial charge in [0.1, 0.15) is 0 Å². The molecule has 1 heteroatoms. The van der Waals surface area contributed by atoms with Crippen molar-refractivity contribution in [3.05, 3.63) is 120 Å². The number of terminal acetylenes is 1. The number of benzene rings is 5. The van der Waals surface area contributed by atoms with Crippen LogP contribution in [0.25, 0.3) is 39.1 Å². The Morgan fingerprint density at radius 2 is 1.44 bits per heavy atom. The van der Waals surface area contributed by atoms with Gasteiger partial charge in [-0.1, -0.05) is 115 Å². The Kier molecular flexibility index (Phi) is 5.15. The molecule has 0 saturated heterocycles. The number of hydrogen-bond acceptors (Lipinski definition) is 0. The van der Waals surface area contributed by atoms with E-state index in [0.29, 0.717) is 0 Å². The summed E-state index contributed by atoms with van der Waals surface area (Å²) in [6, 6.07) is 37.6. The highest BCUT2D eigenvalue weighted by molar-refractivity contribution is 7.80. The molecule has 0 saturated carbocycles. The molecule has 1 aliphatic rings. The molecular formula is C33H23P. The van der Waals surface area contributed by atoms with Crippen LogP contribution in [-0.4, -0.2) is 0 Å². The second kappa shape index (κ2) is 8.46. The SMILES string of the molecule is C#Cc1ccc2c(c1/C=C\C)-c1c(ccc3ccccc13)P(c1ccccc1)c1ccccc1-2. The predicted octanol–water partition coefficient (Wildman–Crippen LogP) is 7.26. The fraction of sp³-hybridized carbons (Fsp3) is 0.0303. The topological polar surface area (TPSA) is 0 Å². The van der Waals surface area contributed by atoms with Gasteiger partial charge in [-0.2, -0.15) is 0 Å². The maximum atomic E-state index is 6.02. The lowest BCUT2D eigenvalue weighted by atomic mass is 9.85. The molecule has 6 rings (SSSR count). The highest BCUT2D eigenvalue weighted by atomic mass is 31.1. The first kappa shape index (κ1) is 20.7. The van der Waals surface area contributed by atoms with Gasteiger partial charge in [-0.05, 0) is 75.4 Å². The summed E-state index contributed by atoms with van der Waals surface area (Å²) in [5.74, 6) is 2.95. The minimum atomic E-state index is -0.756. The number of allylic oxidation sites excluding steroid dienone is 1. The van der Waals surface area contributed by atoms with Gasteiger partial charge in [0.05, 0.1) is 0 Å². The van der Waals surface area contributed by atoms with E-state index in [4.69, 9.17) is 6.42 Å². The smallest absolute Gasteiger partial charge is 0.0321 e. The Hall–Kier alpha value is -3.91. The second-order valence-electron chi connectivity index (χ2n) is 8.46. The van der Waals surface area contributed by atoms with E-state index in [0.717, 1.165) is 11.1 Å². The molecule has 0 radical (unpaired) electrons. The fourth-order valence-corrected chi connectivity index (χ4v) is 7.81. The highest BCUT2D eigenvalue weighted by Crippen LogP contribution is 2.49. The van der Waals surface area contributed by atoms with Gasteiger partial charge in [0.2, 0.25) is 0 Å². The molecule has 0 nitrogen and oxygen atoms in total. The molecule has 0 spiro atoms. The number of hydrogen-bond donors (Lipinski definition) is 0. The molecular weight excluding hydrogens is 427 g/mol. The summed E-state index contributed by atoms with van der Waals surface area (Å²) in [4.78, 5) is 0. The molecule has 1 heterocycles. The zero-order chi connectivity index (χ0) is 23.1. The lowest BCUT2D eigenvalue weighted by Crippen LogP contribution is -2.22. The van der Waals surface area contributed by atoms with Crippen molar-refractivity contribution in [2.24, 2.45) is 0 Å². The van der Waals surface area contributed by atoms with Gasteiger partial charge in [0.15, 0.2) is 0 Å². The van der Waals surface area contributed by atoms with Gasteiger partial charge < -0.3 is 0 Å². The van der Waals surface area contributed by atoms with Crippen LogP contribution in [0.15, 0.2) is 109 Å². The van der Waals surface area contributed by atoms with Crippen LogP contribution >= 0.6 is 7.92 Å². The molecule has 5 aromatic carbocycles. The maximum Gasteiger partial charge on any atom is 0.0321 e. The third-order valence-corrected chi connectivity index (χ3v) is 9.12. The highest BCUT2D eigenvalue weighted by Gasteiger charge is 2.30. The monoisotopic (exact) mass is 450 g/mol. The van der Waals surface area contributed by atoms with Crippen molar-refractivity contribution in [1.82, 2.24) is 0 Å². The Bertz CT molecular complexity index is 1620. The van der Waals surface area contributed by atoms with Gasteiger partial charge in [-0.15, -0.1) is 6.42 Å². The summed E-state index contributed by atoms with van der Waals surface area (Å²) in [5, 5.41) is 6.65. The molecule has 1 aliphatic heterocycles. The van der Waals surface area contributed by atoms with Crippen LogP contribution in [0.4, 0.5) is 0 Å². The summed E-state index contributed by atoms with van der Waals surface area (Å²) in [7, 11) is -0.756. The van der Waals surface area contributed by atoms with E-state index in [9.17, 15) is 0 Å². The molecule has 1 unspecified atom stereocenters. The average Bonchev–Trinajstić information content (AvgIpc) is 3.02. The lowest BCUT2D eigenvalue weighted by molar-refractivity contribution is 1.57. The van der Waals surface area contributed by atoms with E-state index in [1.165, 1.54) is 48.9 Å². The largest absolute Gasteiger partial charge is 0.115 e. The third kappa shape index (κ3) is 3.13. The molecule has 34 heavy (non-hydrogen) atoms. The van der Waals surface area contributed by atoms with Crippen LogP contribution in [0.1, 0.15) is 18.1 Å². The quantitative estimate of drug-likeness (QED) is 0.192. The van der Waals surface area contributed by atoms with Crippen LogP contribution in [0.2, 0.25) is 0 Å². The summed E-state index contributed by atoms with van der Waals surface area (Å²) in [6.45, 7) is 2.06. The third-order valence-electron chi connectivity index (χ3n) is 6.58. The molecule has 1 atom stereocenters. The number of rotatable bonds is 2. The van der Waals surface area contributed by atoms with E-state index in [-0.39, 0.29) is 0 Å². The van der Waals surface area contributed by atoms with Crippen molar-refractivity contribution < 1.29 is 0 Å². The molecule has 5 aromatic rings. The van der Waals surface area contributed by atoms with E-state index in [1.54, 1.807) is 0 Å². The van der Waals surface area contributed by atoms with Gasteiger partial charge in [0.25, 0.3) is 0 Å². The summed E-state index contributed by atoms with van der Waals surface area (Å²) in [6.07, 6.45) is 10.3. The van der Waals surface area contributed by atoms with E-state index >= 15 is 0 Å². The average molecular weight is 451 g/mol. The first-order chi connectivity index (χ1) is 16.8. The molecule has 0 bridgehead atoms. The molecule has 0 amide bonds. The van der Waals surface area contributed by atoms with Gasteiger partial charge in [-0.3, -0.25) is 0 Å². The second-order valence-corrected chi connectivity index (χ2v) is 10.6. The molecule has 0 aromatic heterocycles. The Morgan fingerprint density at radius 1 is 0.676 bits per heavy atom. The standard InChI is InChI=1S/C33H23P/c1-3-12-26-23(4-2)19-21-29-28-17-10-11-18-30(28)34(25-14-6-5-7-15-25)31-22-20-24-13-8-9-16-27(24)33(31)32(26)29/h2-3,5-22H,1H3/b12-3-. The van der Waals surface area contributed by atoms with Crippen LogP contribution in [0.5, 0.6) is 0 Å². The van der Waals surface area contributed by atoms with Gasteiger partial charge in [0, 0.05) is 5.56 Å². The first-order valence-corrected chi connectivity index (χ1v) is 12.9. The van der Waals surface area contributed by atoms with Crippen molar-refractivity contribution in [1.29, 1.82) is 0 Å². The molecule has 0 N–H and O–H groups in total. The predicted molar refractivity (Wildman–Crippen MR) is 150 cm³/mol. The molecule has 0 fully saturated rings. The van der Waals surface area contributed by atoms with E-state index in [2.05, 4.69) is 128 Å². The van der Waals surface area contributed by atoms with Crippen LogP contribution in [0.3, 0.4) is 0 Å². The van der Waals surface area contributed by atoms with Crippen molar-refractivity contribution >= 4 is 40.7 Å². The Morgan fingerprint density at radius 3 is 2.26 bits per heavy atom. The van der Waals surface area contributed by atoms with Crippen LogP contribution in [-0.2, 0) is 0 Å². The summed E-state index contributed by atoms with van der Waals surface area (Å²) >= 11 is 0. The molecule has 160 valence electrons. The van der Waals surface area contributed by atoms with Crippen LogP contribution in [0, 0.1) is 12.3 Å². The van der Waals surface area contributed by atoms with Crippen LogP contribution < -0.4 is 15.9 Å². The van der Waals surface area contributed by atoms with E-state index < -0.39 is 7.92 Å². The normalized spacial score (nSPS) is 14.2. The summed E-state index contributed by atoms with van der Waals surface area (Å²) in [5.41, 5.74) is 7.15. The zero-order valence-electron chi connectivity index (χ0n) is 19.0. The first-order valence-electron chi connectivity index (χ1n) is 11.5. The number of fused-ring (bicyclic) bond motifs is 7. The molecule has 0 aliphatic carbocycles. The van der Waals surface area contributed by atoms with Crippen molar-refractivity contribution in [3.8, 4) is 34.6 Å².